The van der Waals surface area contributed by atoms with Crippen molar-refractivity contribution in [3.63, 3.8) is 0 Å². The van der Waals surface area contributed by atoms with Crippen LogP contribution in [0, 0.1) is 11.6 Å². The highest BCUT2D eigenvalue weighted by Gasteiger charge is 2.24. The Hall–Kier alpha value is -3.56. The first-order chi connectivity index (χ1) is 16.7. The number of carbonyl (C=O) groups excluding carboxylic acids is 2. The summed E-state index contributed by atoms with van der Waals surface area (Å²) >= 11 is 0. The van der Waals surface area contributed by atoms with Gasteiger partial charge < -0.3 is 20.2 Å². The number of nitrogens with one attached hydrogen (secondary N) is 3. The van der Waals surface area contributed by atoms with Gasteiger partial charge in [0.05, 0.1) is 12.1 Å². The van der Waals surface area contributed by atoms with Crippen LogP contribution in [0.3, 0.4) is 0 Å². The van der Waals surface area contributed by atoms with Crippen LogP contribution in [0.15, 0.2) is 59.0 Å². The smallest absolute Gasteiger partial charge is 0.287 e. The Kier molecular flexibility index (Phi) is 9.11. The summed E-state index contributed by atoms with van der Waals surface area (Å²) in [4.78, 5) is 23.9. The maximum absolute atomic E-state index is 13.7. The summed E-state index contributed by atoms with van der Waals surface area (Å²) < 4.78 is 32.8. The van der Waals surface area contributed by atoms with E-state index in [-0.39, 0.29) is 36.1 Å². The number of rotatable bonds is 11. The van der Waals surface area contributed by atoms with Crippen molar-refractivity contribution in [1.29, 1.82) is 0 Å². The summed E-state index contributed by atoms with van der Waals surface area (Å²) in [5.41, 5.74) is 2.52. The monoisotopic (exact) mass is 485 g/mol. The van der Waals surface area contributed by atoms with Crippen LogP contribution in [0.4, 0.5) is 14.7 Å². The van der Waals surface area contributed by atoms with E-state index in [1.54, 1.807) is 0 Å². The zero-order valence-electron chi connectivity index (χ0n) is 19.6. The largest absolute Gasteiger partial charge is 0.435 e. The van der Waals surface area contributed by atoms with Crippen molar-refractivity contribution in [3.8, 4) is 0 Å². The summed E-state index contributed by atoms with van der Waals surface area (Å²) in [5, 5.41) is 19.1. The van der Waals surface area contributed by atoms with Gasteiger partial charge in [-0.05, 0) is 47.7 Å². The van der Waals surface area contributed by atoms with Crippen LogP contribution in [-0.2, 0) is 24.2 Å². The van der Waals surface area contributed by atoms with Gasteiger partial charge in [0.2, 0.25) is 5.91 Å². The number of benzene rings is 2. The fourth-order valence-electron chi connectivity index (χ4n) is 3.67. The second-order valence-electron chi connectivity index (χ2n) is 8.28. The predicted octanol–water partition coefficient (Wildman–Crippen LogP) is 3.57. The molecule has 0 aliphatic heterocycles. The van der Waals surface area contributed by atoms with E-state index in [0.29, 0.717) is 6.54 Å². The van der Waals surface area contributed by atoms with Crippen LogP contribution in [0.5, 0.6) is 0 Å². The fourth-order valence-corrected chi connectivity index (χ4v) is 3.67. The highest BCUT2D eigenvalue weighted by Crippen LogP contribution is 2.16. The Bertz CT molecular complexity index is 1140. The van der Waals surface area contributed by atoms with Gasteiger partial charge in [0.15, 0.2) is 11.6 Å². The highest BCUT2D eigenvalue weighted by molar-refractivity contribution is 5.93. The van der Waals surface area contributed by atoms with Gasteiger partial charge >= 0.3 is 0 Å². The molecule has 0 saturated carbocycles. The minimum absolute atomic E-state index is 0.0200. The molecule has 35 heavy (non-hydrogen) atoms. The van der Waals surface area contributed by atoms with E-state index in [0.717, 1.165) is 30.2 Å². The van der Waals surface area contributed by atoms with Crippen molar-refractivity contribution < 1.29 is 27.9 Å². The van der Waals surface area contributed by atoms with E-state index >= 15 is 0 Å². The standard InChI is InChI=1S/C26H29F2N3O4/c1-3-17-5-4-6-18(9-17)14-29-15-23(33)22(12-19-10-20(27)13-21(28)11-19)31-26(34)24-7-8-25(35-24)30-16(2)32/h4-11,13,22-23,29,33H,3,12,14-15H2,1-2H3,(H,30,32)(H,31,34). The van der Waals surface area contributed by atoms with Crippen molar-refractivity contribution in [2.45, 2.75) is 45.4 Å². The molecule has 0 spiro atoms. The number of aryl methyl sites for hydroxylation is 1. The van der Waals surface area contributed by atoms with Crippen LogP contribution in [0.1, 0.15) is 41.1 Å². The normalized spacial score (nSPS) is 12.7. The van der Waals surface area contributed by atoms with E-state index < -0.39 is 29.7 Å². The lowest BCUT2D eigenvalue weighted by atomic mass is 10.00. The van der Waals surface area contributed by atoms with Crippen molar-refractivity contribution in [2.75, 3.05) is 11.9 Å². The van der Waals surface area contributed by atoms with Gasteiger partial charge in [-0.15, -0.1) is 0 Å². The second-order valence-corrected chi connectivity index (χ2v) is 8.28. The zero-order chi connectivity index (χ0) is 25.4. The SMILES string of the molecule is CCc1cccc(CNCC(O)C(Cc2cc(F)cc(F)c2)NC(=O)c2ccc(NC(C)=O)o2)c1. The van der Waals surface area contributed by atoms with Gasteiger partial charge in [-0.3, -0.25) is 14.9 Å². The first-order valence-electron chi connectivity index (χ1n) is 11.3. The Balaban J connectivity index is 1.70. The maximum Gasteiger partial charge on any atom is 0.287 e. The molecule has 2 atom stereocenters. The predicted molar refractivity (Wildman–Crippen MR) is 128 cm³/mol. The maximum atomic E-state index is 13.7. The van der Waals surface area contributed by atoms with E-state index in [1.165, 1.54) is 24.6 Å². The molecule has 0 fully saturated rings. The van der Waals surface area contributed by atoms with Gasteiger partial charge in [-0.2, -0.15) is 0 Å². The molecule has 9 heteroatoms. The molecule has 1 heterocycles. The fraction of sp³-hybridized carbons (Fsp3) is 0.308. The summed E-state index contributed by atoms with van der Waals surface area (Å²) in [6, 6.07) is 13.0. The number of carbonyl (C=O) groups is 2. The van der Waals surface area contributed by atoms with E-state index in [1.807, 2.05) is 18.2 Å². The number of halogens is 2. The van der Waals surface area contributed by atoms with Crippen molar-refractivity contribution in [3.05, 3.63) is 88.7 Å². The van der Waals surface area contributed by atoms with Gasteiger partial charge in [0, 0.05) is 32.1 Å². The number of hydrogen-bond acceptors (Lipinski definition) is 5. The van der Waals surface area contributed by atoms with E-state index in [9.17, 15) is 23.5 Å². The quantitative estimate of drug-likeness (QED) is 0.333. The Morgan fingerprint density at radius 1 is 1.00 bits per heavy atom. The van der Waals surface area contributed by atoms with Gasteiger partial charge in [-0.1, -0.05) is 31.2 Å². The number of hydrogen-bond donors (Lipinski definition) is 4. The lowest BCUT2D eigenvalue weighted by Crippen LogP contribution is -2.48. The second kappa shape index (κ2) is 12.2. The molecule has 2 aromatic carbocycles. The minimum atomic E-state index is -1.08. The summed E-state index contributed by atoms with van der Waals surface area (Å²) in [7, 11) is 0. The molecular formula is C26H29F2N3O4. The van der Waals surface area contributed by atoms with Crippen molar-refractivity contribution in [2.24, 2.45) is 0 Å². The molecule has 2 amide bonds. The average molecular weight is 486 g/mol. The molecule has 0 radical (unpaired) electrons. The number of amides is 2. The number of anilines is 1. The van der Waals surface area contributed by atoms with Crippen LogP contribution >= 0.6 is 0 Å². The van der Waals surface area contributed by atoms with Crippen molar-refractivity contribution in [1.82, 2.24) is 10.6 Å². The number of furan rings is 1. The molecule has 0 saturated heterocycles. The molecule has 0 aliphatic carbocycles. The van der Waals surface area contributed by atoms with Gasteiger partial charge in [0.1, 0.15) is 11.6 Å². The lowest BCUT2D eigenvalue weighted by Gasteiger charge is -2.24. The topological polar surface area (TPSA) is 104 Å². The molecule has 2 unspecified atom stereocenters. The van der Waals surface area contributed by atoms with E-state index in [2.05, 4.69) is 28.9 Å². The molecule has 1 aromatic heterocycles. The van der Waals surface area contributed by atoms with Crippen molar-refractivity contribution >= 4 is 17.7 Å². The first kappa shape index (κ1) is 26.1. The molecule has 4 N–H and O–H groups in total. The minimum Gasteiger partial charge on any atom is -0.435 e. The zero-order valence-corrected chi connectivity index (χ0v) is 19.6. The lowest BCUT2D eigenvalue weighted by molar-refractivity contribution is -0.114. The third kappa shape index (κ3) is 8.01. The summed E-state index contributed by atoms with van der Waals surface area (Å²) in [5.74, 6) is -2.48. The molecule has 0 bridgehead atoms. The van der Waals surface area contributed by atoms with Crippen LogP contribution in [0.25, 0.3) is 0 Å². The van der Waals surface area contributed by atoms with Crippen LogP contribution in [0.2, 0.25) is 0 Å². The molecular weight excluding hydrogens is 456 g/mol. The Morgan fingerprint density at radius 2 is 1.71 bits per heavy atom. The van der Waals surface area contributed by atoms with Gasteiger partial charge in [0.25, 0.3) is 5.91 Å². The third-order valence-electron chi connectivity index (χ3n) is 5.37. The van der Waals surface area contributed by atoms with Crippen LogP contribution < -0.4 is 16.0 Å². The van der Waals surface area contributed by atoms with Gasteiger partial charge in [-0.25, -0.2) is 8.78 Å². The Labute approximate surface area is 202 Å². The number of aliphatic hydroxyl groups excluding tert-OH is 1. The molecule has 3 aromatic rings. The molecule has 0 aliphatic rings. The molecule has 3 rings (SSSR count). The number of aliphatic hydroxyl groups is 1. The average Bonchev–Trinajstić information content (AvgIpc) is 3.26. The highest BCUT2D eigenvalue weighted by atomic mass is 19.1. The molecule has 7 nitrogen and oxygen atoms in total. The summed E-state index contributed by atoms with van der Waals surface area (Å²) in [6.07, 6.45) is -0.191. The van der Waals surface area contributed by atoms with Crippen LogP contribution in [-0.4, -0.2) is 35.6 Å². The van der Waals surface area contributed by atoms with E-state index in [4.69, 9.17) is 4.42 Å². The summed E-state index contributed by atoms with van der Waals surface area (Å²) in [6.45, 7) is 3.99. The first-order valence-corrected chi connectivity index (χ1v) is 11.3. The third-order valence-corrected chi connectivity index (χ3v) is 5.37. The Morgan fingerprint density at radius 3 is 2.40 bits per heavy atom. The molecule has 186 valence electrons.